The smallest absolute Gasteiger partial charge is 0.263 e. The molecule has 0 unspecified atom stereocenters. The Morgan fingerprint density at radius 3 is 2.42 bits per heavy atom. The Labute approximate surface area is 179 Å². The second kappa shape index (κ2) is 8.31. The lowest BCUT2D eigenvalue weighted by atomic mass is 10.2. The first kappa shape index (κ1) is 20.7. The second-order valence-electron chi connectivity index (χ2n) is 6.90. The predicted octanol–water partition coefficient (Wildman–Crippen LogP) is 2.34. The first-order valence-corrected chi connectivity index (χ1v) is 11.2. The molecule has 10 heteroatoms. The van der Waals surface area contributed by atoms with Crippen molar-refractivity contribution >= 4 is 21.6 Å². The van der Waals surface area contributed by atoms with E-state index < -0.39 is 15.7 Å². The topological polar surface area (TPSA) is 109 Å². The third kappa shape index (κ3) is 4.33. The average molecular weight is 443 g/mol. The number of aromatic nitrogens is 2. The van der Waals surface area contributed by atoms with Crippen LogP contribution in [0.25, 0.3) is 5.69 Å². The summed E-state index contributed by atoms with van der Waals surface area (Å²) >= 11 is 0. The van der Waals surface area contributed by atoms with Crippen LogP contribution in [0.5, 0.6) is 17.2 Å². The maximum absolute atomic E-state index is 12.6. The molecule has 1 amide bonds. The van der Waals surface area contributed by atoms with Crippen molar-refractivity contribution in [2.24, 2.45) is 0 Å². The molecule has 0 aliphatic carbocycles. The number of benzene rings is 2. The average Bonchev–Trinajstić information content (AvgIpc) is 3.24. The van der Waals surface area contributed by atoms with E-state index in [0.29, 0.717) is 40.0 Å². The monoisotopic (exact) mass is 443 g/mol. The van der Waals surface area contributed by atoms with Crippen molar-refractivity contribution in [1.82, 2.24) is 9.78 Å². The van der Waals surface area contributed by atoms with Gasteiger partial charge in [0.25, 0.3) is 5.91 Å². The standard InChI is InChI=1S/C21H21N3O6S/c1-28-15-9-7-14(8-10-15)24-21(16-12-31(26,27)13-17(16)23-24)22-20(25)11-30-19-6-4-3-5-18(19)29-2/h3-10H,11-13H2,1-2H3,(H,22,25). The van der Waals surface area contributed by atoms with Crippen LogP contribution in [0, 0.1) is 0 Å². The zero-order valence-electron chi connectivity index (χ0n) is 17.0. The number of methoxy groups -OCH3 is 2. The number of fused-ring (bicyclic) bond motifs is 1. The lowest BCUT2D eigenvalue weighted by molar-refractivity contribution is -0.118. The molecule has 162 valence electrons. The van der Waals surface area contributed by atoms with E-state index in [1.165, 1.54) is 11.8 Å². The van der Waals surface area contributed by atoms with Crippen LogP contribution in [0.2, 0.25) is 0 Å². The van der Waals surface area contributed by atoms with E-state index in [0.717, 1.165) is 0 Å². The van der Waals surface area contributed by atoms with Crippen molar-refractivity contribution in [3.63, 3.8) is 0 Å². The Kier molecular flexibility index (Phi) is 5.55. The number of carbonyl (C=O) groups excluding carboxylic acids is 1. The summed E-state index contributed by atoms with van der Waals surface area (Å²) < 4.78 is 41.7. The van der Waals surface area contributed by atoms with E-state index in [1.807, 2.05) is 0 Å². The van der Waals surface area contributed by atoms with Crippen LogP contribution in [0.3, 0.4) is 0 Å². The Balaban J connectivity index is 1.59. The summed E-state index contributed by atoms with van der Waals surface area (Å²) in [6.07, 6.45) is 0. The van der Waals surface area contributed by atoms with Gasteiger partial charge in [-0.1, -0.05) is 12.1 Å². The van der Waals surface area contributed by atoms with Gasteiger partial charge in [-0.25, -0.2) is 13.1 Å². The van der Waals surface area contributed by atoms with E-state index in [2.05, 4.69) is 10.4 Å². The van der Waals surface area contributed by atoms with Gasteiger partial charge in [-0.2, -0.15) is 5.10 Å². The Hall–Kier alpha value is -3.53. The third-order valence-electron chi connectivity index (χ3n) is 4.79. The van der Waals surface area contributed by atoms with Crippen molar-refractivity contribution in [3.05, 3.63) is 59.8 Å². The molecule has 4 rings (SSSR count). The number of anilines is 1. The Morgan fingerprint density at radius 2 is 1.74 bits per heavy atom. The van der Waals surface area contributed by atoms with E-state index in [-0.39, 0.29) is 18.1 Å². The number of hydrogen-bond acceptors (Lipinski definition) is 7. The van der Waals surface area contributed by atoms with E-state index >= 15 is 0 Å². The van der Waals surface area contributed by atoms with Crippen LogP contribution in [-0.2, 0) is 26.1 Å². The van der Waals surface area contributed by atoms with Crippen LogP contribution in [0.4, 0.5) is 5.82 Å². The van der Waals surface area contributed by atoms with E-state index in [1.54, 1.807) is 55.6 Å². The fourth-order valence-electron chi connectivity index (χ4n) is 3.33. The SMILES string of the molecule is COc1ccc(-n2nc3c(c2NC(=O)COc2ccccc2OC)CS(=O)(=O)C3)cc1. The van der Waals surface area contributed by atoms with Gasteiger partial charge < -0.3 is 19.5 Å². The van der Waals surface area contributed by atoms with Crippen molar-refractivity contribution in [2.45, 2.75) is 11.5 Å². The molecule has 0 bridgehead atoms. The highest BCUT2D eigenvalue weighted by atomic mass is 32.2. The molecule has 31 heavy (non-hydrogen) atoms. The number of amides is 1. The van der Waals surface area contributed by atoms with Crippen molar-refractivity contribution in [3.8, 4) is 22.9 Å². The lowest BCUT2D eigenvalue weighted by Crippen LogP contribution is -2.23. The van der Waals surface area contributed by atoms with Crippen molar-refractivity contribution in [2.75, 3.05) is 26.1 Å². The zero-order valence-corrected chi connectivity index (χ0v) is 17.8. The van der Waals surface area contributed by atoms with Gasteiger partial charge in [0, 0.05) is 5.56 Å². The third-order valence-corrected chi connectivity index (χ3v) is 6.23. The van der Waals surface area contributed by atoms with E-state index in [9.17, 15) is 13.2 Å². The lowest BCUT2D eigenvalue weighted by Gasteiger charge is -2.13. The van der Waals surface area contributed by atoms with Gasteiger partial charge >= 0.3 is 0 Å². The van der Waals surface area contributed by atoms with Crippen LogP contribution in [-0.4, -0.2) is 44.9 Å². The zero-order chi connectivity index (χ0) is 22.0. The minimum Gasteiger partial charge on any atom is -0.497 e. The number of para-hydroxylation sites is 2. The molecule has 1 aliphatic heterocycles. The molecule has 2 aromatic carbocycles. The van der Waals surface area contributed by atoms with Crippen LogP contribution < -0.4 is 19.5 Å². The Morgan fingerprint density at radius 1 is 1.03 bits per heavy atom. The highest BCUT2D eigenvalue weighted by molar-refractivity contribution is 7.90. The summed E-state index contributed by atoms with van der Waals surface area (Å²) in [7, 11) is -0.211. The summed E-state index contributed by atoms with van der Waals surface area (Å²) in [6.45, 7) is -0.282. The van der Waals surface area contributed by atoms with Gasteiger partial charge in [0.15, 0.2) is 27.9 Å². The molecule has 0 atom stereocenters. The van der Waals surface area contributed by atoms with Crippen LogP contribution in [0.15, 0.2) is 48.5 Å². The van der Waals surface area contributed by atoms with E-state index in [4.69, 9.17) is 14.2 Å². The summed E-state index contributed by atoms with van der Waals surface area (Å²) in [4.78, 5) is 12.6. The number of hydrogen-bond donors (Lipinski definition) is 1. The number of nitrogens with zero attached hydrogens (tertiary/aromatic N) is 2. The van der Waals surface area contributed by atoms with Gasteiger partial charge in [-0.05, 0) is 36.4 Å². The molecule has 0 saturated heterocycles. The predicted molar refractivity (Wildman–Crippen MR) is 114 cm³/mol. The fraction of sp³-hybridized carbons (Fsp3) is 0.238. The van der Waals surface area contributed by atoms with Crippen LogP contribution >= 0.6 is 0 Å². The molecule has 0 saturated carbocycles. The fourth-order valence-corrected chi connectivity index (χ4v) is 4.82. The number of sulfone groups is 1. The van der Waals surface area contributed by atoms with Gasteiger partial charge in [-0.15, -0.1) is 0 Å². The quantitative estimate of drug-likeness (QED) is 0.597. The first-order chi connectivity index (χ1) is 14.9. The summed E-state index contributed by atoms with van der Waals surface area (Å²) in [5, 5.41) is 7.20. The molecule has 0 fully saturated rings. The molecule has 9 nitrogen and oxygen atoms in total. The minimum atomic E-state index is -3.29. The molecule has 0 radical (unpaired) electrons. The maximum atomic E-state index is 12.6. The molecule has 2 heterocycles. The number of carbonyl (C=O) groups is 1. The Bertz CT molecular complexity index is 1220. The molecule has 1 N–H and O–H groups in total. The number of nitrogens with one attached hydrogen (secondary N) is 1. The molecule has 1 aromatic heterocycles. The first-order valence-electron chi connectivity index (χ1n) is 9.41. The molecular formula is C21H21N3O6S. The summed E-state index contributed by atoms with van der Waals surface area (Å²) in [6, 6.07) is 14.0. The number of ether oxygens (including phenoxy) is 3. The highest BCUT2D eigenvalue weighted by Crippen LogP contribution is 2.33. The molecule has 0 spiro atoms. The molecule has 3 aromatic rings. The van der Waals surface area contributed by atoms with Gasteiger partial charge in [0.1, 0.15) is 11.6 Å². The molecule has 1 aliphatic rings. The van der Waals surface area contributed by atoms with Gasteiger partial charge in [0.2, 0.25) is 0 Å². The summed E-state index contributed by atoms with van der Waals surface area (Å²) in [5.74, 6) is 1.12. The summed E-state index contributed by atoms with van der Waals surface area (Å²) in [5.41, 5.74) is 1.58. The molecular weight excluding hydrogens is 422 g/mol. The maximum Gasteiger partial charge on any atom is 0.263 e. The minimum absolute atomic E-state index is 0.161. The van der Waals surface area contributed by atoms with Gasteiger partial charge in [0.05, 0.1) is 37.1 Å². The van der Waals surface area contributed by atoms with Crippen molar-refractivity contribution < 1.29 is 27.4 Å². The van der Waals surface area contributed by atoms with Crippen molar-refractivity contribution in [1.29, 1.82) is 0 Å². The second-order valence-corrected chi connectivity index (χ2v) is 8.97. The van der Waals surface area contributed by atoms with Crippen LogP contribution in [0.1, 0.15) is 11.3 Å². The normalized spacial score (nSPS) is 14.0. The number of rotatable bonds is 7. The largest absolute Gasteiger partial charge is 0.497 e. The van der Waals surface area contributed by atoms with Gasteiger partial charge in [-0.3, -0.25) is 4.79 Å². The highest BCUT2D eigenvalue weighted by Gasteiger charge is 2.33.